The van der Waals surface area contributed by atoms with Crippen molar-refractivity contribution in [3.05, 3.63) is 29.8 Å². The summed E-state index contributed by atoms with van der Waals surface area (Å²) in [6.45, 7) is 1.32. The molecule has 1 aromatic rings. The van der Waals surface area contributed by atoms with Crippen LogP contribution in [0.1, 0.15) is 18.0 Å². The van der Waals surface area contributed by atoms with Crippen molar-refractivity contribution in [2.75, 3.05) is 27.3 Å². The van der Waals surface area contributed by atoms with E-state index in [1.165, 1.54) is 5.56 Å². The second-order valence-corrected chi connectivity index (χ2v) is 4.43. The standard InChI is InChI=1S/C13H19NO2/c1-14-8-7-11(9-15)13(14)10-3-5-12(16-2)6-4-10/h3-6,11,13,15H,7-9H2,1-2H3/t11-,13+/m1/s1. The van der Waals surface area contributed by atoms with Crippen LogP contribution in [0.5, 0.6) is 5.75 Å². The maximum atomic E-state index is 9.36. The zero-order valence-electron chi connectivity index (χ0n) is 9.89. The minimum atomic E-state index is 0.265. The molecule has 1 aliphatic rings. The highest BCUT2D eigenvalue weighted by molar-refractivity contribution is 5.30. The first-order chi connectivity index (χ1) is 7.76. The summed E-state index contributed by atoms with van der Waals surface area (Å²) in [4.78, 5) is 2.31. The van der Waals surface area contributed by atoms with Crippen molar-refractivity contribution in [2.45, 2.75) is 12.5 Å². The number of aliphatic hydroxyl groups excluding tert-OH is 1. The highest BCUT2D eigenvalue weighted by Crippen LogP contribution is 2.36. The topological polar surface area (TPSA) is 32.7 Å². The predicted octanol–water partition coefficient (Wildman–Crippen LogP) is 1.68. The van der Waals surface area contributed by atoms with Crippen LogP contribution in [0.15, 0.2) is 24.3 Å². The van der Waals surface area contributed by atoms with Crippen molar-refractivity contribution in [2.24, 2.45) is 5.92 Å². The van der Waals surface area contributed by atoms with E-state index in [2.05, 4.69) is 24.1 Å². The molecule has 0 spiro atoms. The van der Waals surface area contributed by atoms with Crippen molar-refractivity contribution in [3.8, 4) is 5.75 Å². The molecular weight excluding hydrogens is 202 g/mol. The number of methoxy groups -OCH3 is 1. The molecule has 3 nitrogen and oxygen atoms in total. The van der Waals surface area contributed by atoms with Crippen LogP contribution >= 0.6 is 0 Å². The molecule has 0 radical (unpaired) electrons. The average molecular weight is 221 g/mol. The number of ether oxygens (including phenoxy) is 1. The fourth-order valence-corrected chi connectivity index (χ4v) is 2.55. The van der Waals surface area contributed by atoms with Gasteiger partial charge in [-0.3, -0.25) is 4.90 Å². The van der Waals surface area contributed by atoms with Crippen LogP contribution in [-0.4, -0.2) is 37.3 Å². The minimum Gasteiger partial charge on any atom is -0.497 e. The molecule has 0 aliphatic carbocycles. The van der Waals surface area contributed by atoms with Crippen LogP contribution in [0.25, 0.3) is 0 Å². The molecule has 0 aromatic heterocycles. The van der Waals surface area contributed by atoms with Gasteiger partial charge in [-0.25, -0.2) is 0 Å². The van der Waals surface area contributed by atoms with Crippen LogP contribution in [0, 0.1) is 5.92 Å². The second-order valence-electron chi connectivity index (χ2n) is 4.43. The molecule has 2 atom stereocenters. The molecule has 0 amide bonds. The maximum absolute atomic E-state index is 9.36. The van der Waals surface area contributed by atoms with Gasteiger partial charge in [0, 0.05) is 18.6 Å². The fraction of sp³-hybridized carbons (Fsp3) is 0.538. The van der Waals surface area contributed by atoms with Crippen LogP contribution < -0.4 is 4.74 Å². The Kier molecular flexibility index (Phi) is 3.46. The maximum Gasteiger partial charge on any atom is 0.118 e. The quantitative estimate of drug-likeness (QED) is 0.843. The van der Waals surface area contributed by atoms with Gasteiger partial charge in [-0.15, -0.1) is 0 Å². The van der Waals surface area contributed by atoms with Gasteiger partial charge >= 0.3 is 0 Å². The SMILES string of the molecule is COc1ccc([C@H]2[C@@H](CO)CCN2C)cc1. The summed E-state index contributed by atoms with van der Waals surface area (Å²) in [6.07, 6.45) is 1.07. The third-order valence-electron chi connectivity index (χ3n) is 3.47. The van der Waals surface area contributed by atoms with Crippen LogP contribution in [-0.2, 0) is 0 Å². The highest BCUT2D eigenvalue weighted by Gasteiger charge is 2.32. The molecule has 0 bridgehead atoms. The van der Waals surface area contributed by atoms with Gasteiger partial charge in [-0.2, -0.15) is 0 Å². The zero-order valence-corrected chi connectivity index (χ0v) is 9.89. The van der Waals surface area contributed by atoms with Crippen LogP contribution in [0.4, 0.5) is 0 Å². The Balaban J connectivity index is 2.21. The van der Waals surface area contributed by atoms with Gasteiger partial charge in [0.15, 0.2) is 0 Å². The highest BCUT2D eigenvalue weighted by atomic mass is 16.5. The Hall–Kier alpha value is -1.06. The molecule has 1 N–H and O–H groups in total. The van der Waals surface area contributed by atoms with E-state index in [1.807, 2.05) is 12.1 Å². The minimum absolute atomic E-state index is 0.265. The molecule has 2 rings (SSSR count). The molecule has 1 aromatic carbocycles. The lowest BCUT2D eigenvalue weighted by Crippen LogP contribution is -2.22. The Morgan fingerprint density at radius 2 is 2.06 bits per heavy atom. The van der Waals surface area contributed by atoms with E-state index in [1.54, 1.807) is 7.11 Å². The van der Waals surface area contributed by atoms with Gasteiger partial charge < -0.3 is 9.84 Å². The summed E-state index contributed by atoms with van der Waals surface area (Å²) in [6, 6.07) is 8.49. The van der Waals surface area contributed by atoms with E-state index in [-0.39, 0.29) is 6.61 Å². The van der Waals surface area contributed by atoms with E-state index in [4.69, 9.17) is 4.74 Å². The predicted molar refractivity (Wildman–Crippen MR) is 63.6 cm³/mol. The lowest BCUT2D eigenvalue weighted by atomic mass is 9.94. The van der Waals surface area contributed by atoms with E-state index >= 15 is 0 Å². The number of aliphatic hydroxyl groups is 1. The normalized spacial score (nSPS) is 25.9. The fourth-order valence-electron chi connectivity index (χ4n) is 2.55. The monoisotopic (exact) mass is 221 g/mol. The van der Waals surface area contributed by atoms with Crippen LogP contribution in [0.3, 0.4) is 0 Å². The number of hydrogen-bond donors (Lipinski definition) is 1. The van der Waals surface area contributed by atoms with Gasteiger partial charge in [0.1, 0.15) is 5.75 Å². The van der Waals surface area contributed by atoms with Crippen molar-refractivity contribution in [3.63, 3.8) is 0 Å². The van der Waals surface area contributed by atoms with Gasteiger partial charge in [-0.1, -0.05) is 12.1 Å². The lowest BCUT2D eigenvalue weighted by molar-refractivity contribution is 0.182. The second kappa shape index (κ2) is 4.85. The smallest absolute Gasteiger partial charge is 0.118 e. The molecule has 88 valence electrons. The molecule has 3 heteroatoms. The Morgan fingerprint density at radius 1 is 1.38 bits per heavy atom. The molecule has 1 heterocycles. The Bertz CT molecular complexity index is 336. The first-order valence-electron chi connectivity index (χ1n) is 5.71. The van der Waals surface area contributed by atoms with Crippen molar-refractivity contribution < 1.29 is 9.84 Å². The van der Waals surface area contributed by atoms with Gasteiger partial charge in [0.05, 0.1) is 7.11 Å². The summed E-state index contributed by atoms with van der Waals surface area (Å²) in [7, 11) is 3.79. The lowest BCUT2D eigenvalue weighted by Gasteiger charge is -2.24. The average Bonchev–Trinajstić information content (AvgIpc) is 2.70. The molecule has 0 unspecified atom stereocenters. The summed E-state index contributed by atoms with van der Waals surface area (Å²) in [5.41, 5.74) is 1.26. The number of likely N-dealkylation sites (tertiary alicyclic amines) is 1. The molecular formula is C13H19NO2. The first-order valence-corrected chi connectivity index (χ1v) is 5.71. The van der Waals surface area contributed by atoms with Crippen molar-refractivity contribution in [1.29, 1.82) is 0 Å². The van der Waals surface area contributed by atoms with Crippen LogP contribution in [0.2, 0.25) is 0 Å². The van der Waals surface area contributed by atoms with E-state index in [0.717, 1.165) is 18.7 Å². The first kappa shape index (κ1) is 11.4. The number of benzene rings is 1. The van der Waals surface area contributed by atoms with Crippen molar-refractivity contribution in [1.82, 2.24) is 4.90 Å². The Morgan fingerprint density at radius 3 is 2.62 bits per heavy atom. The van der Waals surface area contributed by atoms with E-state index < -0.39 is 0 Å². The molecule has 1 aliphatic heterocycles. The molecule has 0 saturated carbocycles. The Labute approximate surface area is 96.6 Å². The summed E-state index contributed by atoms with van der Waals surface area (Å²) >= 11 is 0. The number of nitrogens with zero attached hydrogens (tertiary/aromatic N) is 1. The zero-order chi connectivity index (χ0) is 11.5. The largest absolute Gasteiger partial charge is 0.497 e. The summed E-state index contributed by atoms with van der Waals surface area (Å²) < 4.78 is 5.15. The summed E-state index contributed by atoms with van der Waals surface area (Å²) in [5.74, 6) is 1.24. The molecule has 1 saturated heterocycles. The molecule has 1 fully saturated rings. The third kappa shape index (κ3) is 2.06. The third-order valence-corrected chi connectivity index (χ3v) is 3.47. The van der Waals surface area contributed by atoms with Gasteiger partial charge in [0.25, 0.3) is 0 Å². The number of rotatable bonds is 3. The van der Waals surface area contributed by atoms with E-state index in [0.29, 0.717) is 12.0 Å². The van der Waals surface area contributed by atoms with Crippen molar-refractivity contribution >= 4 is 0 Å². The summed E-state index contributed by atoms with van der Waals surface area (Å²) in [5, 5.41) is 9.36. The van der Waals surface area contributed by atoms with Gasteiger partial charge in [-0.05, 0) is 37.7 Å². The molecule has 16 heavy (non-hydrogen) atoms. The van der Waals surface area contributed by atoms with E-state index in [9.17, 15) is 5.11 Å². The number of hydrogen-bond acceptors (Lipinski definition) is 3. The van der Waals surface area contributed by atoms with Gasteiger partial charge in [0.2, 0.25) is 0 Å².